The van der Waals surface area contributed by atoms with Crippen LogP contribution in [0.2, 0.25) is 5.02 Å². The fraction of sp³-hybridized carbons (Fsp3) is 0.0909. The lowest BCUT2D eigenvalue weighted by Gasteiger charge is -2.15. The quantitative estimate of drug-likeness (QED) is 0.394. The van der Waals surface area contributed by atoms with Crippen molar-refractivity contribution in [2.24, 2.45) is 5.73 Å². The Labute approximate surface area is 195 Å². The maximum atomic E-state index is 13.3. The van der Waals surface area contributed by atoms with Crippen LogP contribution in [0.15, 0.2) is 71.6 Å². The number of hydrogen-bond acceptors (Lipinski definition) is 4. The lowest BCUT2D eigenvalue weighted by atomic mass is 10.1. The summed E-state index contributed by atoms with van der Waals surface area (Å²) in [7, 11) is -3.99. The molecular formula is C22H20ClFN4O4S. The van der Waals surface area contributed by atoms with Crippen LogP contribution in [-0.2, 0) is 10.0 Å². The number of nitrogens with two attached hydrogens (primary N) is 1. The summed E-state index contributed by atoms with van der Waals surface area (Å²) in [6, 6.07) is 14.7. The molecule has 0 heterocycles. The molecule has 3 rings (SSSR count). The van der Waals surface area contributed by atoms with Crippen LogP contribution < -0.4 is 21.1 Å². The van der Waals surface area contributed by atoms with Crippen molar-refractivity contribution in [2.45, 2.75) is 17.9 Å². The number of hydrogen-bond donors (Lipinski definition) is 4. The van der Waals surface area contributed by atoms with Crippen LogP contribution in [-0.4, -0.2) is 20.4 Å². The average molecular weight is 491 g/mol. The third kappa shape index (κ3) is 6.21. The monoisotopic (exact) mass is 490 g/mol. The molecule has 0 spiro atoms. The summed E-state index contributed by atoms with van der Waals surface area (Å²) in [4.78, 5) is 23.2. The molecule has 0 fully saturated rings. The SMILES string of the molecule is CC(NC(=O)c1ccc(NS(=O)(=O)c2ccc(F)c(Cl)c2)cc1)c1ccc(NC(N)=O)cc1. The molecular weight excluding hydrogens is 471 g/mol. The molecule has 0 aliphatic carbocycles. The Bertz CT molecular complexity index is 1280. The van der Waals surface area contributed by atoms with Gasteiger partial charge in [0.05, 0.1) is 16.0 Å². The molecule has 8 nitrogen and oxygen atoms in total. The normalized spacial score (nSPS) is 12.0. The van der Waals surface area contributed by atoms with E-state index in [1.165, 1.54) is 24.3 Å². The van der Waals surface area contributed by atoms with E-state index >= 15 is 0 Å². The Morgan fingerprint density at radius 2 is 1.58 bits per heavy atom. The number of primary amides is 1. The number of nitrogens with one attached hydrogen (secondary N) is 3. The summed E-state index contributed by atoms with van der Waals surface area (Å²) in [5.74, 6) is -1.08. The minimum atomic E-state index is -3.99. The van der Waals surface area contributed by atoms with E-state index in [0.717, 1.165) is 23.8 Å². The fourth-order valence-corrected chi connectivity index (χ4v) is 4.24. The van der Waals surface area contributed by atoms with Gasteiger partial charge in [-0.15, -0.1) is 0 Å². The smallest absolute Gasteiger partial charge is 0.316 e. The first-order chi connectivity index (χ1) is 15.5. The molecule has 0 aliphatic rings. The summed E-state index contributed by atoms with van der Waals surface area (Å²) in [6.45, 7) is 1.80. The van der Waals surface area contributed by atoms with Gasteiger partial charge in [0.1, 0.15) is 5.82 Å². The molecule has 11 heteroatoms. The number of carbonyl (C=O) groups excluding carboxylic acids is 2. The van der Waals surface area contributed by atoms with Crippen molar-refractivity contribution >= 4 is 44.9 Å². The maximum absolute atomic E-state index is 13.3. The first kappa shape index (κ1) is 24.0. The second-order valence-corrected chi connectivity index (χ2v) is 9.15. The molecule has 3 amide bonds. The standard InChI is InChI=1S/C22H20ClFN4O4S/c1-13(14-2-6-16(7-3-14)27-22(25)30)26-21(29)15-4-8-17(9-5-15)28-33(31,32)18-10-11-20(24)19(23)12-18/h2-13,28H,1H3,(H,26,29)(H3,25,27,30). The van der Waals surface area contributed by atoms with Crippen LogP contribution in [0, 0.1) is 5.82 Å². The highest BCUT2D eigenvalue weighted by molar-refractivity contribution is 7.92. The summed E-state index contributed by atoms with van der Waals surface area (Å²) in [5, 5.41) is 4.98. The average Bonchev–Trinajstić information content (AvgIpc) is 2.75. The number of benzene rings is 3. The number of amides is 3. The minimum Gasteiger partial charge on any atom is -0.351 e. The number of carbonyl (C=O) groups is 2. The molecule has 3 aromatic rings. The zero-order chi connectivity index (χ0) is 24.2. The number of sulfonamides is 1. The Morgan fingerprint density at radius 1 is 0.970 bits per heavy atom. The highest BCUT2D eigenvalue weighted by Gasteiger charge is 2.17. The molecule has 5 N–H and O–H groups in total. The summed E-state index contributed by atoms with van der Waals surface area (Å²) < 4.78 is 40.6. The molecule has 3 aromatic carbocycles. The molecule has 33 heavy (non-hydrogen) atoms. The topological polar surface area (TPSA) is 130 Å². The molecule has 0 radical (unpaired) electrons. The van der Waals surface area contributed by atoms with Gasteiger partial charge in [-0.1, -0.05) is 23.7 Å². The summed E-state index contributed by atoms with van der Waals surface area (Å²) in [5.41, 5.74) is 6.95. The predicted octanol–water partition coefficient (Wildman–Crippen LogP) is 4.26. The van der Waals surface area contributed by atoms with Gasteiger partial charge in [-0.25, -0.2) is 17.6 Å². The molecule has 172 valence electrons. The van der Waals surface area contributed by atoms with E-state index in [9.17, 15) is 22.4 Å². The van der Waals surface area contributed by atoms with E-state index in [0.29, 0.717) is 11.3 Å². The molecule has 1 unspecified atom stereocenters. The van der Waals surface area contributed by atoms with Crippen molar-refractivity contribution in [1.29, 1.82) is 0 Å². The van der Waals surface area contributed by atoms with Gasteiger partial charge in [0.2, 0.25) is 0 Å². The van der Waals surface area contributed by atoms with Crippen molar-refractivity contribution < 1.29 is 22.4 Å². The van der Waals surface area contributed by atoms with Gasteiger partial charge < -0.3 is 16.4 Å². The Hall–Kier alpha value is -3.63. The van der Waals surface area contributed by atoms with Gasteiger partial charge in [-0.05, 0) is 67.1 Å². The number of rotatable bonds is 7. The lowest BCUT2D eigenvalue weighted by Crippen LogP contribution is -2.26. The second-order valence-electron chi connectivity index (χ2n) is 7.07. The van der Waals surface area contributed by atoms with E-state index < -0.39 is 21.9 Å². The maximum Gasteiger partial charge on any atom is 0.316 e. The van der Waals surface area contributed by atoms with Crippen molar-refractivity contribution in [2.75, 3.05) is 10.0 Å². The molecule has 0 saturated carbocycles. The van der Waals surface area contributed by atoms with E-state index in [4.69, 9.17) is 17.3 Å². The zero-order valence-corrected chi connectivity index (χ0v) is 18.9. The molecule has 0 aliphatic heterocycles. The number of halogens is 2. The Morgan fingerprint density at radius 3 is 2.15 bits per heavy atom. The highest BCUT2D eigenvalue weighted by atomic mass is 35.5. The van der Waals surface area contributed by atoms with Gasteiger partial charge in [0, 0.05) is 16.9 Å². The van der Waals surface area contributed by atoms with E-state index in [2.05, 4.69) is 15.4 Å². The Kier molecular flexibility index (Phi) is 7.19. The third-order valence-corrected chi connectivity index (χ3v) is 6.30. The van der Waals surface area contributed by atoms with Crippen LogP contribution in [0.25, 0.3) is 0 Å². The van der Waals surface area contributed by atoms with Gasteiger partial charge in [0.25, 0.3) is 15.9 Å². The van der Waals surface area contributed by atoms with Crippen molar-refractivity contribution in [1.82, 2.24) is 5.32 Å². The van der Waals surface area contributed by atoms with Crippen LogP contribution >= 0.6 is 11.6 Å². The van der Waals surface area contributed by atoms with Crippen LogP contribution in [0.5, 0.6) is 0 Å². The lowest BCUT2D eigenvalue weighted by molar-refractivity contribution is 0.0940. The molecule has 1 atom stereocenters. The third-order valence-electron chi connectivity index (χ3n) is 4.63. The van der Waals surface area contributed by atoms with Crippen LogP contribution in [0.1, 0.15) is 28.9 Å². The number of anilines is 2. The molecule has 0 aromatic heterocycles. The van der Waals surface area contributed by atoms with E-state index in [1.54, 1.807) is 31.2 Å². The molecule has 0 bridgehead atoms. The summed E-state index contributed by atoms with van der Waals surface area (Å²) in [6.07, 6.45) is 0. The van der Waals surface area contributed by atoms with Crippen molar-refractivity contribution in [3.63, 3.8) is 0 Å². The van der Waals surface area contributed by atoms with Gasteiger partial charge >= 0.3 is 6.03 Å². The van der Waals surface area contributed by atoms with Crippen molar-refractivity contribution in [3.05, 3.63) is 88.7 Å². The van der Waals surface area contributed by atoms with E-state index in [-0.39, 0.29) is 27.6 Å². The number of urea groups is 1. The van der Waals surface area contributed by atoms with Crippen LogP contribution in [0.4, 0.5) is 20.6 Å². The minimum absolute atomic E-state index is 0.193. The fourth-order valence-electron chi connectivity index (χ4n) is 2.91. The largest absolute Gasteiger partial charge is 0.351 e. The first-order valence-electron chi connectivity index (χ1n) is 9.60. The summed E-state index contributed by atoms with van der Waals surface area (Å²) >= 11 is 5.66. The highest BCUT2D eigenvalue weighted by Crippen LogP contribution is 2.22. The Balaban J connectivity index is 1.64. The van der Waals surface area contributed by atoms with Gasteiger partial charge in [-0.3, -0.25) is 9.52 Å². The second kappa shape index (κ2) is 9.88. The zero-order valence-electron chi connectivity index (χ0n) is 17.3. The van der Waals surface area contributed by atoms with E-state index in [1.807, 2.05) is 0 Å². The molecule has 0 saturated heterocycles. The van der Waals surface area contributed by atoms with Crippen molar-refractivity contribution in [3.8, 4) is 0 Å². The van der Waals surface area contributed by atoms with Crippen LogP contribution in [0.3, 0.4) is 0 Å². The first-order valence-corrected chi connectivity index (χ1v) is 11.5. The predicted molar refractivity (Wildman–Crippen MR) is 124 cm³/mol. The van der Waals surface area contributed by atoms with Gasteiger partial charge in [-0.2, -0.15) is 0 Å². The van der Waals surface area contributed by atoms with Gasteiger partial charge in [0.15, 0.2) is 0 Å².